The van der Waals surface area contributed by atoms with E-state index in [1.165, 1.54) is 0 Å². The molecule has 33 heavy (non-hydrogen) atoms. The topological polar surface area (TPSA) is 85.4 Å². The van der Waals surface area contributed by atoms with Crippen molar-refractivity contribution in [2.45, 2.75) is 71.6 Å². The second kappa shape index (κ2) is 12.0. The van der Waals surface area contributed by atoms with Crippen LogP contribution in [-0.4, -0.2) is 79.2 Å². The Morgan fingerprint density at radius 2 is 1.97 bits per heavy atom. The number of carbonyl (C=O) groups excluding carboxylic acids is 3. The lowest BCUT2D eigenvalue weighted by molar-refractivity contribution is 0.00752. The molecule has 1 heterocycles. The molecule has 1 fully saturated rings. The maximum absolute atomic E-state index is 13.5. The Kier molecular flexibility index (Phi) is 9.70. The van der Waals surface area contributed by atoms with E-state index in [1.807, 2.05) is 39.5 Å². The molecule has 0 saturated carbocycles. The van der Waals surface area contributed by atoms with E-state index in [2.05, 4.69) is 0 Å². The van der Waals surface area contributed by atoms with Gasteiger partial charge in [0.05, 0.1) is 18.2 Å². The highest BCUT2D eigenvalue weighted by Crippen LogP contribution is 2.25. The lowest BCUT2D eigenvalue weighted by Crippen LogP contribution is -2.54. The molecule has 184 valence electrons. The van der Waals surface area contributed by atoms with Crippen LogP contribution in [0, 0.1) is 0 Å². The highest BCUT2D eigenvalue weighted by Gasteiger charge is 2.34. The summed E-state index contributed by atoms with van der Waals surface area (Å²) in [4.78, 5) is 41.1. The van der Waals surface area contributed by atoms with E-state index in [0.717, 1.165) is 19.1 Å². The van der Waals surface area contributed by atoms with Gasteiger partial charge in [-0.05, 0) is 65.7 Å². The normalized spacial score (nSPS) is 16.5. The molecule has 0 bridgehead atoms. The largest absolute Gasteiger partial charge is 0.493 e. The minimum Gasteiger partial charge on any atom is -0.493 e. The zero-order valence-corrected chi connectivity index (χ0v) is 20.8. The Morgan fingerprint density at radius 1 is 1.24 bits per heavy atom. The fourth-order valence-corrected chi connectivity index (χ4v) is 3.92. The first-order chi connectivity index (χ1) is 15.6. The van der Waals surface area contributed by atoms with Crippen molar-refractivity contribution >= 4 is 18.3 Å². The Labute approximate surface area is 197 Å². The third-order valence-electron chi connectivity index (χ3n) is 5.37. The van der Waals surface area contributed by atoms with E-state index in [-0.39, 0.29) is 24.1 Å². The van der Waals surface area contributed by atoms with Crippen LogP contribution >= 0.6 is 0 Å². The van der Waals surface area contributed by atoms with Gasteiger partial charge in [0.1, 0.15) is 11.4 Å². The molecule has 0 spiro atoms. The molecule has 1 aliphatic rings. The van der Waals surface area contributed by atoms with E-state index in [9.17, 15) is 14.4 Å². The summed E-state index contributed by atoms with van der Waals surface area (Å²) in [6.45, 7) is 11.4. The fraction of sp³-hybridized carbons (Fsp3) is 0.640. The van der Waals surface area contributed by atoms with Gasteiger partial charge in [-0.1, -0.05) is 0 Å². The maximum atomic E-state index is 13.5. The maximum Gasteiger partial charge on any atom is 0.410 e. The second-order valence-corrected chi connectivity index (χ2v) is 9.59. The number of rotatable bonds is 9. The number of piperidine rings is 1. The molecule has 2 amide bonds. The highest BCUT2D eigenvalue weighted by atomic mass is 16.6. The summed E-state index contributed by atoms with van der Waals surface area (Å²) in [5.41, 5.74) is 0.275. The summed E-state index contributed by atoms with van der Waals surface area (Å²) in [6, 6.07) is 4.69. The first kappa shape index (κ1) is 26.6. The van der Waals surface area contributed by atoms with Gasteiger partial charge < -0.3 is 24.0 Å². The third-order valence-corrected chi connectivity index (χ3v) is 5.37. The standard InChI is InChI=1S/C25H38N2O6/c1-18(2)27(21-9-7-12-26(16-21)24(30)33-25(3,4)5)23(29)19-10-11-20(17-28)22(15-19)32-14-8-13-31-6/h10-11,15,17-18,21H,7-9,12-14,16H2,1-6H3/t21-/m1/s1. The first-order valence-corrected chi connectivity index (χ1v) is 11.6. The van der Waals surface area contributed by atoms with Crippen molar-refractivity contribution in [3.05, 3.63) is 29.3 Å². The second-order valence-electron chi connectivity index (χ2n) is 9.59. The zero-order valence-electron chi connectivity index (χ0n) is 20.8. The van der Waals surface area contributed by atoms with E-state index in [0.29, 0.717) is 49.6 Å². The third kappa shape index (κ3) is 7.74. The molecule has 0 radical (unpaired) electrons. The van der Waals surface area contributed by atoms with E-state index in [4.69, 9.17) is 14.2 Å². The average molecular weight is 463 g/mol. The van der Waals surface area contributed by atoms with Gasteiger partial charge >= 0.3 is 6.09 Å². The van der Waals surface area contributed by atoms with Crippen LogP contribution in [0.3, 0.4) is 0 Å². The van der Waals surface area contributed by atoms with Crippen LogP contribution in [0.2, 0.25) is 0 Å². The Morgan fingerprint density at radius 3 is 2.58 bits per heavy atom. The van der Waals surface area contributed by atoms with Crippen molar-refractivity contribution in [1.29, 1.82) is 0 Å². The summed E-state index contributed by atoms with van der Waals surface area (Å²) >= 11 is 0. The molecular weight excluding hydrogens is 424 g/mol. The fourth-order valence-electron chi connectivity index (χ4n) is 3.92. The Hall–Kier alpha value is -2.61. The molecule has 0 aliphatic carbocycles. The smallest absolute Gasteiger partial charge is 0.410 e. The van der Waals surface area contributed by atoms with E-state index < -0.39 is 5.60 Å². The monoisotopic (exact) mass is 462 g/mol. The van der Waals surface area contributed by atoms with Crippen LogP contribution in [0.4, 0.5) is 4.79 Å². The molecular formula is C25H38N2O6. The molecule has 8 heteroatoms. The average Bonchev–Trinajstić information content (AvgIpc) is 2.75. The highest BCUT2D eigenvalue weighted by molar-refractivity contribution is 5.96. The summed E-state index contributed by atoms with van der Waals surface area (Å²) < 4.78 is 16.3. The van der Waals surface area contributed by atoms with Crippen LogP contribution < -0.4 is 4.74 Å². The number of ether oxygens (including phenoxy) is 3. The Bertz CT molecular complexity index is 818. The van der Waals surface area contributed by atoms with Crippen LogP contribution in [0.15, 0.2) is 18.2 Å². The minimum absolute atomic E-state index is 0.0714. The van der Waals surface area contributed by atoms with Crippen LogP contribution in [-0.2, 0) is 9.47 Å². The van der Waals surface area contributed by atoms with Crippen molar-refractivity contribution in [2.24, 2.45) is 0 Å². The van der Waals surface area contributed by atoms with Crippen molar-refractivity contribution in [2.75, 3.05) is 33.4 Å². The number of methoxy groups -OCH3 is 1. The van der Waals surface area contributed by atoms with Crippen molar-refractivity contribution in [3.63, 3.8) is 0 Å². The number of hydrogen-bond donors (Lipinski definition) is 0. The molecule has 1 aromatic carbocycles. The molecule has 1 saturated heterocycles. The number of amides is 2. The number of carbonyl (C=O) groups is 3. The van der Waals surface area contributed by atoms with E-state index >= 15 is 0 Å². The van der Waals surface area contributed by atoms with Crippen LogP contribution in [0.1, 0.15) is 74.6 Å². The van der Waals surface area contributed by atoms with Gasteiger partial charge in [-0.3, -0.25) is 9.59 Å². The van der Waals surface area contributed by atoms with Crippen LogP contribution in [0.5, 0.6) is 5.75 Å². The molecule has 1 atom stereocenters. The number of aldehydes is 1. The SMILES string of the molecule is COCCCOc1cc(C(=O)N(C(C)C)[C@@H]2CCCN(C(=O)OC(C)(C)C)C2)ccc1C=O. The number of nitrogens with zero attached hydrogens (tertiary/aromatic N) is 2. The number of likely N-dealkylation sites (tertiary alicyclic amines) is 1. The van der Waals surface area contributed by atoms with Gasteiger partial charge in [-0.2, -0.15) is 0 Å². The van der Waals surface area contributed by atoms with Gasteiger partial charge in [0, 0.05) is 44.8 Å². The molecule has 1 aliphatic heterocycles. The number of hydrogen-bond acceptors (Lipinski definition) is 6. The molecule has 0 unspecified atom stereocenters. The minimum atomic E-state index is -0.572. The van der Waals surface area contributed by atoms with Gasteiger partial charge in [0.15, 0.2) is 6.29 Å². The molecule has 0 aromatic heterocycles. The van der Waals surface area contributed by atoms with Gasteiger partial charge in [-0.15, -0.1) is 0 Å². The predicted octanol–water partition coefficient (Wildman–Crippen LogP) is 4.16. The molecule has 1 aromatic rings. The first-order valence-electron chi connectivity index (χ1n) is 11.6. The van der Waals surface area contributed by atoms with Crippen LogP contribution in [0.25, 0.3) is 0 Å². The zero-order chi connectivity index (χ0) is 24.6. The lowest BCUT2D eigenvalue weighted by Gasteiger charge is -2.41. The van der Waals surface area contributed by atoms with Crippen molar-refractivity contribution < 1.29 is 28.6 Å². The summed E-state index contributed by atoms with van der Waals surface area (Å²) in [7, 11) is 1.62. The van der Waals surface area contributed by atoms with Gasteiger partial charge in [0.25, 0.3) is 5.91 Å². The Balaban J connectivity index is 2.20. The lowest BCUT2D eigenvalue weighted by atomic mass is 10.0. The summed E-state index contributed by atoms with van der Waals surface area (Å²) in [5, 5.41) is 0. The van der Waals surface area contributed by atoms with Crippen molar-refractivity contribution in [3.8, 4) is 5.75 Å². The molecule has 2 rings (SSSR count). The van der Waals surface area contributed by atoms with Crippen molar-refractivity contribution in [1.82, 2.24) is 9.80 Å². The van der Waals surface area contributed by atoms with Gasteiger partial charge in [-0.25, -0.2) is 4.79 Å². The quantitative estimate of drug-likeness (QED) is 0.405. The summed E-state index contributed by atoms with van der Waals surface area (Å²) in [5.74, 6) is 0.231. The summed E-state index contributed by atoms with van der Waals surface area (Å²) in [6.07, 6.45) is 2.63. The number of benzene rings is 1. The predicted molar refractivity (Wildman–Crippen MR) is 126 cm³/mol. The van der Waals surface area contributed by atoms with Gasteiger partial charge in [0.2, 0.25) is 0 Å². The molecule has 8 nitrogen and oxygen atoms in total. The molecule has 0 N–H and O–H groups in total. The van der Waals surface area contributed by atoms with E-state index in [1.54, 1.807) is 30.2 Å².